The van der Waals surface area contributed by atoms with Gasteiger partial charge in [0.1, 0.15) is 5.76 Å². The van der Waals surface area contributed by atoms with E-state index >= 15 is 0 Å². The maximum atomic E-state index is 11.6. The summed E-state index contributed by atoms with van der Waals surface area (Å²) in [7, 11) is 0. The fourth-order valence-corrected chi connectivity index (χ4v) is 2.82. The first-order chi connectivity index (χ1) is 10.7. The van der Waals surface area contributed by atoms with Crippen LogP contribution in [-0.2, 0) is 17.7 Å². The second kappa shape index (κ2) is 6.34. The summed E-state index contributed by atoms with van der Waals surface area (Å²) in [6.07, 6.45) is 0.206. The smallest absolute Gasteiger partial charge is 0.374 e. The van der Waals surface area contributed by atoms with Crippen molar-refractivity contribution in [3.8, 4) is 0 Å². The zero-order valence-electron chi connectivity index (χ0n) is 12.4. The molecule has 0 unspecified atom stereocenters. The number of aliphatic hydroxyl groups is 1. The summed E-state index contributed by atoms with van der Waals surface area (Å²) >= 11 is 0. The zero-order valence-corrected chi connectivity index (χ0v) is 12.4. The highest BCUT2D eigenvalue weighted by atomic mass is 16.5. The van der Waals surface area contributed by atoms with Gasteiger partial charge in [0.15, 0.2) is 0 Å². The van der Waals surface area contributed by atoms with Crippen molar-refractivity contribution in [3.63, 3.8) is 0 Å². The molecule has 0 fully saturated rings. The lowest BCUT2D eigenvalue weighted by Crippen LogP contribution is -2.28. The quantitative estimate of drug-likeness (QED) is 0.828. The lowest BCUT2D eigenvalue weighted by Gasteiger charge is -2.17. The molecule has 1 aliphatic rings. The summed E-state index contributed by atoms with van der Waals surface area (Å²) in [6.45, 7) is 2.51. The van der Waals surface area contributed by atoms with Gasteiger partial charge in [-0.15, -0.1) is 0 Å². The lowest BCUT2D eigenvalue weighted by molar-refractivity contribution is 0.0487. The summed E-state index contributed by atoms with van der Waals surface area (Å²) in [5, 5.41) is 13.5. The fraction of sp³-hybridized carbons (Fsp3) is 0.353. The van der Waals surface area contributed by atoms with Crippen LogP contribution in [0.25, 0.3) is 0 Å². The van der Waals surface area contributed by atoms with Gasteiger partial charge in [-0.05, 0) is 30.2 Å². The minimum atomic E-state index is -0.458. The van der Waals surface area contributed by atoms with Crippen LogP contribution in [0.2, 0.25) is 0 Å². The molecular weight excluding hydrogens is 282 g/mol. The largest absolute Gasteiger partial charge is 0.460 e. The molecule has 3 rings (SSSR count). The molecule has 0 amide bonds. The molecule has 0 spiro atoms. The van der Waals surface area contributed by atoms with E-state index in [9.17, 15) is 9.90 Å². The van der Waals surface area contributed by atoms with Crippen LogP contribution in [0.3, 0.4) is 0 Å². The van der Waals surface area contributed by atoms with Gasteiger partial charge in [-0.25, -0.2) is 4.79 Å². The number of nitrogens with one attached hydrogen (secondary N) is 1. The monoisotopic (exact) mass is 301 g/mol. The van der Waals surface area contributed by atoms with Gasteiger partial charge in [0, 0.05) is 6.42 Å². The number of furan rings is 1. The zero-order chi connectivity index (χ0) is 15.5. The molecule has 5 nitrogen and oxygen atoms in total. The van der Waals surface area contributed by atoms with Crippen LogP contribution in [0.1, 0.15) is 40.4 Å². The minimum absolute atomic E-state index is 0.118. The maximum Gasteiger partial charge on any atom is 0.374 e. The average molecular weight is 301 g/mol. The van der Waals surface area contributed by atoms with Crippen LogP contribution in [0.4, 0.5) is 0 Å². The number of aliphatic hydroxyl groups excluding tert-OH is 1. The number of ether oxygens (including phenoxy) is 1. The van der Waals surface area contributed by atoms with Gasteiger partial charge in [0.05, 0.1) is 25.3 Å². The Balaban J connectivity index is 1.65. The van der Waals surface area contributed by atoms with Gasteiger partial charge < -0.3 is 19.6 Å². The van der Waals surface area contributed by atoms with Crippen LogP contribution in [0.15, 0.2) is 40.8 Å². The Hall–Kier alpha value is -2.11. The molecule has 1 aromatic heterocycles. The summed E-state index contributed by atoms with van der Waals surface area (Å²) in [5.74, 6) is 0.380. The van der Waals surface area contributed by atoms with Crippen molar-refractivity contribution >= 4 is 5.97 Å². The summed E-state index contributed by atoms with van der Waals surface area (Å²) in [4.78, 5) is 11.6. The number of rotatable bonds is 5. The average Bonchev–Trinajstić information content (AvgIpc) is 3.09. The number of hydrogen-bond acceptors (Lipinski definition) is 5. The van der Waals surface area contributed by atoms with E-state index in [1.54, 1.807) is 19.1 Å². The van der Waals surface area contributed by atoms with E-state index in [4.69, 9.17) is 9.15 Å². The molecule has 0 saturated heterocycles. The first-order valence-corrected chi connectivity index (χ1v) is 7.44. The first kappa shape index (κ1) is 14.8. The predicted molar refractivity (Wildman–Crippen MR) is 80.4 cm³/mol. The molecule has 2 atom stereocenters. The van der Waals surface area contributed by atoms with Crippen LogP contribution in [0.5, 0.6) is 0 Å². The molecule has 1 heterocycles. The van der Waals surface area contributed by atoms with E-state index < -0.39 is 12.1 Å². The van der Waals surface area contributed by atoms with E-state index in [1.165, 1.54) is 5.56 Å². The first-order valence-electron chi connectivity index (χ1n) is 7.44. The number of fused-ring (bicyclic) bond motifs is 1. The molecule has 0 radical (unpaired) electrons. The van der Waals surface area contributed by atoms with Crippen molar-refractivity contribution in [2.45, 2.75) is 32.0 Å². The minimum Gasteiger partial charge on any atom is -0.460 e. The van der Waals surface area contributed by atoms with Crippen molar-refractivity contribution in [2.75, 3.05) is 6.61 Å². The van der Waals surface area contributed by atoms with Crippen molar-refractivity contribution in [2.24, 2.45) is 0 Å². The molecule has 0 aliphatic heterocycles. The third kappa shape index (κ3) is 2.91. The Morgan fingerprint density at radius 2 is 2.18 bits per heavy atom. The Morgan fingerprint density at radius 3 is 3.00 bits per heavy atom. The molecule has 0 bridgehead atoms. The van der Waals surface area contributed by atoms with Gasteiger partial charge >= 0.3 is 5.97 Å². The van der Waals surface area contributed by atoms with Gasteiger partial charge in [0.2, 0.25) is 5.76 Å². The third-order valence-corrected chi connectivity index (χ3v) is 3.84. The van der Waals surface area contributed by atoms with Crippen LogP contribution in [-0.4, -0.2) is 23.8 Å². The molecule has 0 saturated carbocycles. The van der Waals surface area contributed by atoms with Crippen LogP contribution in [0, 0.1) is 0 Å². The molecule has 2 aromatic rings. The number of esters is 1. The highest BCUT2D eigenvalue weighted by Gasteiger charge is 2.30. The van der Waals surface area contributed by atoms with Gasteiger partial charge in [-0.2, -0.15) is 0 Å². The second-order valence-corrected chi connectivity index (χ2v) is 5.32. The van der Waals surface area contributed by atoms with Crippen molar-refractivity contribution < 1.29 is 19.1 Å². The Kier molecular flexibility index (Phi) is 4.27. The number of benzene rings is 1. The predicted octanol–water partition coefficient (Wildman–Crippen LogP) is 2.20. The molecule has 5 heteroatoms. The summed E-state index contributed by atoms with van der Waals surface area (Å²) in [5.41, 5.74) is 2.28. The lowest BCUT2D eigenvalue weighted by atomic mass is 10.1. The second-order valence-electron chi connectivity index (χ2n) is 5.32. The summed E-state index contributed by atoms with van der Waals surface area (Å²) in [6, 6.07) is 11.2. The molecule has 2 N–H and O–H groups in total. The van der Waals surface area contributed by atoms with E-state index in [2.05, 4.69) is 5.32 Å². The topological polar surface area (TPSA) is 71.7 Å². The van der Waals surface area contributed by atoms with Crippen molar-refractivity contribution in [3.05, 3.63) is 59.0 Å². The Labute approximate surface area is 128 Å². The highest BCUT2D eigenvalue weighted by molar-refractivity contribution is 5.86. The molecular formula is C17H19NO4. The van der Waals surface area contributed by atoms with Gasteiger partial charge in [-0.3, -0.25) is 0 Å². The van der Waals surface area contributed by atoms with Gasteiger partial charge in [0.25, 0.3) is 0 Å². The Bertz CT molecular complexity index is 664. The molecule has 1 aliphatic carbocycles. The van der Waals surface area contributed by atoms with E-state index in [1.807, 2.05) is 24.3 Å². The number of hydrogen-bond donors (Lipinski definition) is 2. The third-order valence-electron chi connectivity index (χ3n) is 3.84. The standard InChI is InChI=1S/C17H19NO4/c1-2-21-17(20)15-8-7-12(22-15)10-18-16-13-6-4-3-5-11(13)9-14(16)19/h3-8,14,16,18-19H,2,9-10H2,1H3/t14-,16+/m0/s1. The normalized spacial score (nSPS) is 19.9. The molecule has 1 aromatic carbocycles. The van der Waals surface area contributed by atoms with Crippen LogP contribution >= 0.6 is 0 Å². The van der Waals surface area contributed by atoms with Crippen molar-refractivity contribution in [1.29, 1.82) is 0 Å². The van der Waals surface area contributed by atoms with Crippen molar-refractivity contribution in [1.82, 2.24) is 5.32 Å². The summed E-state index contributed by atoms with van der Waals surface area (Å²) < 4.78 is 10.4. The maximum absolute atomic E-state index is 11.6. The Morgan fingerprint density at radius 1 is 1.36 bits per heavy atom. The number of carbonyl (C=O) groups is 1. The van der Waals surface area contributed by atoms with E-state index in [0.717, 1.165) is 5.56 Å². The SMILES string of the molecule is CCOC(=O)c1ccc(CN[C@@H]2c3ccccc3C[C@@H]2O)o1. The molecule has 116 valence electrons. The van der Waals surface area contributed by atoms with Crippen LogP contribution < -0.4 is 5.32 Å². The number of carbonyl (C=O) groups excluding carboxylic acids is 1. The van der Waals surface area contributed by atoms with E-state index in [-0.39, 0.29) is 11.8 Å². The fourth-order valence-electron chi connectivity index (χ4n) is 2.82. The highest BCUT2D eigenvalue weighted by Crippen LogP contribution is 2.31. The van der Waals surface area contributed by atoms with E-state index in [0.29, 0.717) is 25.3 Å². The van der Waals surface area contributed by atoms with Gasteiger partial charge in [-0.1, -0.05) is 24.3 Å². The molecule has 22 heavy (non-hydrogen) atoms.